The van der Waals surface area contributed by atoms with Gasteiger partial charge in [-0.1, -0.05) is 12.1 Å². The second kappa shape index (κ2) is 7.92. The zero-order valence-electron chi connectivity index (χ0n) is 15.1. The number of hydrogen-bond donors (Lipinski definition) is 1. The second-order valence-corrected chi connectivity index (χ2v) is 6.77. The summed E-state index contributed by atoms with van der Waals surface area (Å²) in [5.41, 5.74) is 1.64. The standard InChI is InChI=1S/C19H14F2N4O3S/c1-27-11-4-2-10(3-5-11)12-9-29-19-16(12)18(26)24-17(25-19)13-6-23-15(7-22-13)28-8-14(20)21/h2-7,9,14H,8H2,1H3,(H,24,25,26). The van der Waals surface area contributed by atoms with E-state index in [1.807, 2.05) is 29.6 Å². The molecule has 4 aromatic rings. The SMILES string of the molecule is COc1ccc(-c2csc3nc(-c4cnc(OCC(F)F)cn4)[nH]c(=O)c23)cc1. The number of hydrogen-bond acceptors (Lipinski definition) is 7. The molecule has 1 N–H and O–H groups in total. The summed E-state index contributed by atoms with van der Waals surface area (Å²) < 4.78 is 34.3. The van der Waals surface area contributed by atoms with Crippen molar-refractivity contribution in [2.24, 2.45) is 0 Å². The number of H-pyrrole nitrogens is 1. The molecule has 0 unspecified atom stereocenters. The zero-order valence-corrected chi connectivity index (χ0v) is 15.9. The molecule has 148 valence electrons. The predicted molar refractivity (Wildman–Crippen MR) is 105 cm³/mol. The van der Waals surface area contributed by atoms with Crippen LogP contribution in [0.25, 0.3) is 32.9 Å². The van der Waals surface area contributed by atoms with Crippen LogP contribution in [0, 0.1) is 0 Å². The van der Waals surface area contributed by atoms with E-state index >= 15 is 0 Å². The number of aromatic amines is 1. The highest BCUT2D eigenvalue weighted by atomic mass is 32.1. The van der Waals surface area contributed by atoms with E-state index < -0.39 is 13.0 Å². The van der Waals surface area contributed by atoms with Gasteiger partial charge in [-0.25, -0.2) is 23.7 Å². The first-order valence-electron chi connectivity index (χ1n) is 8.44. The lowest BCUT2D eigenvalue weighted by atomic mass is 10.1. The Bertz CT molecular complexity index is 1190. The molecule has 0 saturated heterocycles. The van der Waals surface area contributed by atoms with Crippen molar-refractivity contribution in [2.75, 3.05) is 13.7 Å². The number of alkyl halides is 2. The van der Waals surface area contributed by atoms with E-state index in [2.05, 4.69) is 19.9 Å². The number of methoxy groups -OCH3 is 1. The maximum Gasteiger partial charge on any atom is 0.272 e. The third-order valence-corrected chi connectivity index (χ3v) is 4.95. The highest BCUT2D eigenvalue weighted by Gasteiger charge is 2.15. The second-order valence-electron chi connectivity index (χ2n) is 5.91. The van der Waals surface area contributed by atoms with Gasteiger partial charge in [0.15, 0.2) is 12.4 Å². The first kappa shape index (κ1) is 18.9. The molecule has 0 aliphatic carbocycles. The average molecular weight is 416 g/mol. The lowest BCUT2D eigenvalue weighted by molar-refractivity contribution is 0.0794. The van der Waals surface area contributed by atoms with E-state index in [0.29, 0.717) is 15.9 Å². The highest BCUT2D eigenvalue weighted by Crippen LogP contribution is 2.32. The van der Waals surface area contributed by atoms with Crippen LogP contribution < -0.4 is 15.0 Å². The molecule has 29 heavy (non-hydrogen) atoms. The van der Waals surface area contributed by atoms with Crippen molar-refractivity contribution < 1.29 is 18.3 Å². The Morgan fingerprint density at radius 2 is 1.97 bits per heavy atom. The Morgan fingerprint density at radius 1 is 1.17 bits per heavy atom. The predicted octanol–water partition coefficient (Wildman–Crippen LogP) is 3.76. The Morgan fingerprint density at radius 3 is 2.62 bits per heavy atom. The summed E-state index contributed by atoms with van der Waals surface area (Å²) in [7, 11) is 1.59. The summed E-state index contributed by atoms with van der Waals surface area (Å²) in [6.07, 6.45) is -0.0854. The first-order chi connectivity index (χ1) is 14.0. The zero-order chi connectivity index (χ0) is 20.4. The molecule has 0 aliphatic rings. The summed E-state index contributed by atoms with van der Waals surface area (Å²) in [5, 5.41) is 2.35. The fraction of sp³-hybridized carbons (Fsp3) is 0.158. The molecular formula is C19H14F2N4O3S. The molecule has 0 amide bonds. The van der Waals surface area contributed by atoms with Crippen LogP contribution in [0.3, 0.4) is 0 Å². The number of nitrogens with one attached hydrogen (secondary N) is 1. The summed E-state index contributed by atoms with van der Waals surface area (Å²) in [4.78, 5) is 28.5. The highest BCUT2D eigenvalue weighted by molar-refractivity contribution is 7.17. The Hall–Kier alpha value is -3.40. The van der Waals surface area contributed by atoms with Crippen LogP contribution in [0.4, 0.5) is 8.78 Å². The van der Waals surface area contributed by atoms with Crippen molar-refractivity contribution in [3.05, 3.63) is 52.4 Å². The monoisotopic (exact) mass is 416 g/mol. The molecule has 0 radical (unpaired) electrons. The van der Waals surface area contributed by atoms with Crippen LogP contribution in [-0.4, -0.2) is 40.1 Å². The van der Waals surface area contributed by atoms with Gasteiger partial charge in [0.05, 0.1) is 24.9 Å². The van der Waals surface area contributed by atoms with Gasteiger partial charge in [0.2, 0.25) is 5.88 Å². The van der Waals surface area contributed by atoms with Crippen molar-refractivity contribution >= 4 is 21.6 Å². The number of thiophene rings is 1. The van der Waals surface area contributed by atoms with Crippen LogP contribution in [-0.2, 0) is 0 Å². The van der Waals surface area contributed by atoms with Crippen molar-refractivity contribution in [3.8, 4) is 34.3 Å². The molecule has 0 saturated carbocycles. The van der Waals surface area contributed by atoms with Gasteiger partial charge >= 0.3 is 0 Å². The minimum Gasteiger partial charge on any atom is -0.497 e. The summed E-state index contributed by atoms with van der Waals surface area (Å²) in [6, 6.07) is 7.39. The van der Waals surface area contributed by atoms with E-state index in [-0.39, 0.29) is 17.3 Å². The van der Waals surface area contributed by atoms with Gasteiger partial charge in [0, 0.05) is 10.9 Å². The van der Waals surface area contributed by atoms with Crippen LogP contribution in [0.2, 0.25) is 0 Å². The number of fused-ring (bicyclic) bond motifs is 1. The van der Waals surface area contributed by atoms with Gasteiger partial charge in [0.25, 0.3) is 12.0 Å². The number of nitrogens with zero attached hydrogens (tertiary/aromatic N) is 3. The fourth-order valence-electron chi connectivity index (χ4n) is 2.71. The number of benzene rings is 1. The molecule has 3 aromatic heterocycles. The quantitative estimate of drug-likeness (QED) is 0.515. The minimum atomic E-state index is -2.60. The summed E-state index contributed by atoms with van der Waals surface area (Å²) in [6.45, 7) is -0.765. The molecule has 0 bridgehead atoms. The molecule has 3 heterocycles. The molecule has 4 rings (SSSR count). The Balaban J connectivity index is 1.67. The molecule has 0 fully saturated rings. The minimum absolute atomic E-state index is 0.0320. The van der Waals surface area contributed by atoms with E-state index in [0.717, 1.165) is 16.9 Å². The lowest BCUT2D eigenvalue weighted by Gasteiger charge is -2.05. The third kappa shape index (κ3) is 3.92. The van der Waals surface area contributed by atoms with Gasteiger partial charge in [-0.2, -0.15) is 0 Å². The first-order valence-corrected chi connectivity index (χ1v) is 9.32. The van der Waals surface area contributed by atoms with Crippen LogP contribution in [0.1, 0.15) is 0 Å². The third-order valence-electron chi connectivity index (χ3n) is 4.07. The lowest BCUT2D eigenvalue weighted by Crippen LogP contribution is -2.10. The average Bonchev–Trinajstić information content (AvgIpc) is 3.17. The molecular weight excluding hydrogens is 402 g/mol. The number of halogens is 2. The van der Waals surface area contributed by atoms with E-state index in [1.165, 1.54) is 23.7 Å². The van der Waals surface area contributed by atoms with Crippen molar-refractivity contribution in [1.29, 1.82) is 0 Å². The normalized spacial score (nSPS) is 11.2. The van der Waals surface area contributed by atoms with Crippen molar-refractivity contribution in [3.63, 3.8) is 0 Å². The smallest absolute Gasteiger partial charge is 0.272 e. The van der Waals surface area contributed by atoms with Gasteiger partial charge in [-0.05, 0) is 17.7 Å². The van der Waals surface area contributed by atoms with Gasteiger partial charge in [-0.3, -0.25) is 4.79 Å². The van der Waals surface area contributed by atoms with E-state index in [9.17, 15) is 13.6 Å². The molecule has 10 heteroatoms. The molecule has 1 aromatic carbocycles. The van der Waals surface area contributed by atoms with Crippen LogP contribution in [0.15, 0.2) is 46.8 Å². The molecule has 7 nitrogen and oxygen atoms in total. The van der Waals surface area contributed by atoms with Gasteiger partial charge < -0.3 is 14.5 Å². The number of rotatable bonds is 6. The van der Waals surface area contributed by atoms with Gasteiger partial charge in [-0.15, -0.1) is 11.3 Å². The Kier molecular flexibility index (Phi) is 5.17. The van der Waals surface area contributed by atoms with Crippen molar-refractivity contribution in [2.45, 2.75) is 6.43 Å². The molecule has 0 aliphatic heterocycles. The maximum atomic E-state index is 12.7. The van der Waals surface area contributed by atoms with Crippen LogP contribution >= 0.6 is 11.3 Å². The van der Waals surface area contributed by atoms with E-state index in [4.69, 9.17) is 9.47 Å². The molecule has 0 spiro atoms. The topological polar surface area (TPSA) is 90.0 Å². The largest absolute Gasteiger partial charge is 0.497 e. The fourth-order valence-corrected chi connectivity index (χ4v) is 3.66. The summed E-state index contributed by atoms with van der Waals surface area (Å²) >= 11 is 1.34. The van der Waals surface area contributed by atoms with E-state index in [1.54, 1.807) is 7.11 Å². The number of ether oxygens (including phenoxy) is 2. The maximum absolute atomic E-state index is 12.7. The Labute approximate surface area is 167 Å². The molecule has 0 atom stereocenters. The summed E-state index contributed by atoms with van der Waals surface area (Å²) in [5.74, 6) is 0.927. The number of aromatic nitrogens is 4. The van der Waals surface area contributed by atoms with Gasteiger partial charge in [0.1, 0.15) is 16.3 Å². The van der Waals surface area contributed by atoms with Crippen molar-refractivity contribution in [1.82, 2.24) is 19.9 Å². The van der Waals surface area contributed by atoms with Crippen LogP contribution in [0.5, 0.6) is 11.6 Å².